The summed E-state index contributed by atoms with van der Waals surface area (Å²) in [7, 11) is -3.74. The normalized spacial score (nSPS) is 11.4. The first-order valence-electron chi connectivity index (χ1n) is 5.19. The zero-order chi connectivity index (χ0) is 13.3. The summed E-state index contributed by atoms with van der Waals surface area (Å²) in [6.45, 7) is 3.45. The van der Waals surface area contributed by atoms with Crippen LogP contribution in [0.1, 0.15) is 11.1 Å². The number of nitrogens with two attached hydrogens (primary N) is 1. The Morgan fingerprint density at radius 3 is 2.56 bits per heavy atom. The van der Waals surface area contributed by atoms with Crippen molar-refractivity contribution in [2.24, 2.45) is 0 Å². The number of nitrogens with one attached hydrogen (secondary N) is 1. The molecule has 18 heavy (non-hydrogen) atoms. The minimum Gasteiger partial charge on any atom is -0.397 e. The Bertz CT molecular complexity index is 663. The van der Waals surface area contributed by atoms with Crippen LogP contribution in [-0.2, 0) is 10.0 Å². The van der Waals surface area contributed by atoms with E-state index in [2.05, 4.69) is 14.4 Å². The molecule has 1 aromatic carbocycles. The molecule has 0 unspecified atom stereocenters. The summed E-state index contributed by atoms with van der Waals surface area (Å²) in [6, 6.07) is 3.50. The van der Waals surface area contributed by atoms with Gasteiger partial charge in [-0.25, -0.2) is 8.42 Å². The fraction of sp³-hybridized carbons (Fsp3) is 0.182. The van der Waals surface area contributed by atoms with Crippen LogP contribution in [0.15, 0.2) is 34.0 Å². The maximum absolute atomic E-state index is 12.2. The van der Waals surface area contributed by atoms with E-state index >= 15 is 0 Å². The maximum Gasteiger partial charge on any atom is 0.264 e. The minimum absolute atomic E-state index is 0.0868. The van der Waals surface area contributed by atoms with E-state index in [4.69, 9.17) is 5.73 Å². The van der Waals surface area contributed by atoms with Gasteiger partial charge in [0.15, 0.2) is 0 Å². The highest BCUT2D eigenvalue weighted by atomic mass is 32.2. The molecule has 0 atom stereocenters. The van der Waals surface area contributed by atoms with Crippen molar-refractivity contribution >= 4 is 21.4 Å². The SMILES string of the molecule is Cc1ccc(C)c(S(=O)(=O)Nc2cnoc2)c1N. The van der Waals surface area contributed by atoms with Gasteiger partial charge in [-0.15, -0.1) is 0 Å². The van der Waals surface area contributed by atoms with Crippen molar-refractivity contribution < 1.29 is 12.9 Å². The summed E-state index contributed by atoms with van der Waals surface area (Å²) in [5, 5.41) is 3.43. The van der Waals surface area contributed by atoms with E-state index in [0.29, 0.717) is 11.1 Å². The van der Waals surface area contributed by atoms with Gasteiger partial charge >= 0.3 is 0 Å². The van der Waals surface area contributed by atoms with Crippen LogP contribution in [0.5, 0.6) is 0 Å². The standard InChI is InChI=1S/C11H13N3O3S/c1-7-3-4-8(2)11(10(7)12)18(15,16)14-9-5-13-17-6-9/h3-6,14H,12H2,1-2H3. The molecule has 96 valence electrons. The van der Waals surface area contributed by atoms with Crippen LogP contribution in [0, 0.1) is 13.8 Å². The number of rotatable bonds is 3. The van der Waals surface area contributed by atoms with Crippen LogP contribution in [0.2, 0.25) is 0 Å². The molecule has 3 N–H and O–H groups in total. The zero-order valence-corrected chi connectivity index (χ0v) is 10.8. The lowest BCUT2D eigenvalue weighted by molar-refractivity contribution is 0.420. The highest BCUT2D eigenvalue weighted by molar-refractivity contribution is 7.93. The Morgan fingerprint density at radius 2 is 1.94 bits per heavy atom. The number of nitrogens with zero attached hydrogens (tertiary/aromatic N) is 1. The summed E-state index contributed by atoms with van der Waals surface area (Å²) in [5.41, 5.74) is 7.65. The van der Waals surface area contributed by atoms with Crippen molar-refractivity contribution in [1.29, 1.82) is 0 Å². The number of anilines is 2. The maximum atomic E-state index is 12.2. The highest BCUT2D eigenvalue weighted by Gasteiger charge is 2.21. The van der Waals surface area contributed by atoms with Crippen LogP contribution in [0.4, 0.5) is 11.4 Å². The fourth-order valence-corrected chi connectivity index (χ4v) is 3.08. The number of nitrogen functional groups attached to an aromatic ring is 1. The predicted molar refractivity (Wildman–Crippen MR) is 67.6 cm³/mol. The highest BCUT2D eigenvalue weighted by Crippen LogP contribution is 2.27. The number of hydrogen-bond acceptors (Lipinski definition) is 5. The van der Waals surface area contributed by atoms with Gasteiger partial charge in [-0.1, -0.05) is 17.3 Å². The van der Waals surface area contributed by atoms with Crippen molar-refractivity contribution in [1.82, 2.24) is 5.16 Å². The third kappa shape index (κ3) is 2.17. The molecule has 7 heteroatoms. The van der Waals surface area contributed by atoms with Crippen LogP contribution in [-0.4, -0.2) is 13.6 Å². The van der Waals surface area contributed by atoms with Gasteiger partial charge in [0.2, 0.25) is 0 Å². The van der Waals surface area contributed by atoms with Gasteiger partial charge in [-0.2, -0.15) is 0 Å². The van der Waals surface area contributed by atoms with Crippen molar-refractivity contribution in [3.63, 3.8) is 0 Å². The first kappa shape index (κ1) is 12.4. The molecule has 2 aromatic rings. The van der Waals surface area contributed by atoms with E-state index in [1.807, 2.05) is 0 Å². The molecule has 0 amide bonds. The Balaban J connectivity index is 2.51. The second-order valence-corrected chi connectivity index (χ2v) is 5.58. The monoisotopic (exact) mass is 267 g/mol. The summed E-state index contributed by atoms with van der Waals surface area (Å²) >= 11 is 0. The van der Waals surface area contributed by atoms with Crippen LogP contribution in [0.3, 0.4) is 0 Å². The minimum atomic E-state index is -3.74. The summed E-state index contributed by atoms with van der Waals surface area (Å²) in [4.78, 5) is 0.0868. The Labute approximate surface area is 105 Å². The number of aryl methyl sites for hydroxylation is 2. The van der Waals surface area contributed by atoms with Gasteiger partial charge in [0.05, 0.1) is 11.9 Å². The molecule has 0 radical (unpaired) electrons. The molecule has 1 aromatic heterocycles. The number of benzene rings is 1. The van der Waals surface area contributed by atoms with E-state index in [9.17, 15) is 8.42 Å². The Hall–Kier alpha value is -2.02. The molecule has 0 fully saturated rings. The molecule has 0 bridgehead atoms. The molecule has 0 aliphatic carbocycles. The van der Waals surface area contributed by atoms with E-state index in [1.165, 1.54) is 12.5 Å². The van der Waals surface area contributed by atoms with Crippen molar-refractivity contribution in [3.8, 4) is 0 Å². The van der Waals surface area contributed by atoms with E-state index in [-0.39, 0.29) is 16.3 Å². The molecule has 0 aliphatic rings. The number of sulfonamides is 1. The van der Waals surface area contributed by atoms with Gasteiger partial charge in [0, 0.05) is 0 Å². The van der Waals surface area contributed by atoms with Crippen LogP contribution in [0.25, 0.3) is 0 Å². The molecule has 2 rings (SSSR count). The van der Waals surface area contributed by atoms with Gasteiger partial charge in [-0.05, 0) is 25.0 Å². The number of aromatic nitrogens is 1. The summed E-state index contributed by atoms with van der Waals surface area (Å²) in [5.74, 6) is 0. The van der Waals surface area contributed by atoms with E-state index < -0.39 is 10.0 Å². The molecular weight excluding hydrogens is 254 g/mol. The van der Waals surface area contributed by atoms with Gasteiger partial charge in [0.25, 0.3) is 10.0 Å². The third-order valence-electron chi connectivity index (χ3n) is 2.56. The topological polar surface area (TPSA) is 98.2 Å². The molecule has 6 nitrogen and oxygen atoms in total. The number of hydrogen-bond donors (Lipinski definition) is 2. The van der Waals surface area contributed by atoms with E-state index in [0.717, 1.165) is 0 Å². The third-order valence-corrected chi connectivity index (χ3v) is 4.15. The largest absolute Gasteiger partial charge is 0.397 e. The van der Waals surface area contributed by atoms with Gasteiger partial charge in [-0.3, -0.25) is 4.72 Å². The summed E-state index contributed by atoms with van der Waals surface area (Å²) < 4.78 is 31.4. The predicted octanol–water partition coefficient (Wildman–Crippen LogP) is 1.67. The van der Waals surface area contributed by atoms with Gasteiger partial charge < -0.3 is 10.3 Å². The lowest BCUT2D eigenvalue weighted by Gasteiger charge is -2.12. The molecule has 0 aliphatic heterocycles. The zero-order valence-electron chi connectivity index (χ0n) is 9.97. The summed E-state index contributed by atoms with van der Waals surface area (Å²) in [6.07, 6.45) is 2.48. The van der Waals surface area contributed by atoms with Crippen molar-refractivity contribution in [3.05, 3.63) is 35.7 Å². The average molecular weight is 267 g/mol. The quantitative estimate of drug-likeness (QED) is 0.824. The van der Waals surface area contributed by atoms with Crippen LogP contribution < -0.4 is 10.5 Å². The smallest absolute Gasteiger partial charge is 0.264 e. The molecule has 0 saturated carbocycles. The second-order valence-electron chi connectivity index (χ2n) is 3.96. The second kappa shape index (κ2) is 4.34. The Kier molecular flexibility index (Phi) is 3.00. The van der Waals surface area contributed by atoms with E-state index in [1.54, 1.807) is 26.0 Å². The average Bonchev–Trinajstić information content (AvgIpc) is 2.75. The van der Waals surface area contributed by atoms with Crippen molar-refractivity contribution in [2.75, 3.05) is 10.5 Å². The lowest BCUT2D eigenvalue weighted by Crippen LogP contribution is -2.16. The first-order valence-corrected chi connectivity index (χ1v) is 6.68. The first-order chi connectivity index (χ1) is 8.42. The molecular formula is C11H13N3O3S. The fourth-order valence-electron chi connectivity index (χ4n) is 1.63. The van der Waals surface area contributed by atoms with Crippen LogP contribution >= 0.6 is 0 Å². The lowest BCUT2D eigenvalue weighted by atomic mass is 10.1. The Morgan fingerprint density at radius 1 is 1.28 bits per heavy atom. The molecule has 0 spiro atoms. The van der Waals surface area contributed by atoms with Gasteiger partial charge in [0.1, 0.15) is 16.8 Å². The van der Waals surface area contributed by atoms with Crippen molar-refractivity contribution in [2.45, 2.75) is 18.7 Å². The molecule has 0 saturated heterocycles. The molecule has 1 heterocycles.